The summed E-state index contributed by atoms with van der Waals surface area (Å²) in [5, 5.41) is 2.36. The van der Waals surface area contributed by atoms with Gasteiger partial charge in [0.1, 0.15) is 5.82 Å². The second-order valence-electron chi connectivity index (χ2n) is 4.15. The van der Waals surface area contributed by atoms with Crippen LogP contribution in [0.2, 0.25) is 0 Å². The summed E-state index contributed by atoms with van der Waals surface area (Å²) in [6, 6.07) is 7.16. The fourth-order valence-electron chi connectivity index (χ4n) is 1.54. The first-order valence-electron chi connectivity index (χ1n) is 5.88. The van der Waals surface area contributed by atoms with E-state index in [0.717, 1.165) is 30.0 Å². The van der Waals surface area contributed by atoms with E-state index in [2.05, 4.69) is 5.32 Å². The Kier molecular flexibility index (Phi) is 4.74. The van der Waals surface area contributed by atoms with Crippen molar-refractivity contribution in [2.45, 2.75) is 4.90 Å². The standard InChI is InChI=1S/C14H11F3N2OS/c15-10-4-2-9(6-12(10)17)21-7-14(20)19-13-5-8(18)1-3-11(13)16/h1-6H,7,18H2,(H,19,20). The van der Waals surface area contributed by atoms with Gasteiger partial charge in [0.25, 0.3) is 0 Å². The number of rotatable bonds is 4. The molecule has 0 spiro atoms. The zero-order chi connectivity index (χ0) is 15.4. The van der Waals surface area contributed by atoms with Gasteiger partial charge >= 0.3 is 0 Å². The molecule has 0 unspecified atom stereocenters. The maximum absolute atomic E-state index is 13.4. The average Bonchev–Trinajstić information content (AvgIpc) is 2.44. The lowest BCUT2D eigenvalue weighted by Gasteiger charge is -2.07. The molecule has 0 radical (unpaired) electrons. The Balaban J connectivity index is 1.95. The molecule has 0 aliphatic carbocycles. The van der Waals surface area contributed by atoms with Crippen LogP contribution in [0.15, 0.2) is 41.3 Å². The van der Waals surface area contributed by atoms with E-state index >= 15 is 0 Å². The topological polar surface area (TPSA) is 55.1 Å². The van der Waals surface area contributed by atoms with Crippen LogP contribution in [0.25, 0.3) is 0 Å². The van der Waals surface area contributed by atoms with Crippen molar-refractivity contribution in [2.24, 2.45) is 0 Å². The quantitative estimate of drug-likeness (QED) is 0.672. The van der Waals surface area contributed by atoms with Crippen LogP contribution in [-0.4, -0.2) is 11.7 Å². The van der Waals surface area contributed by atoms with Crippen LogP contribution in [0, 0.1) is 17.5 Å². The Labute approximate surface area is 123 Å². The van der Waals surface area contributed by atoms with Gasteiger partial charge in [0.15, 0.2) is 11.6 Å². The van der Waals surface area contributed by atoms with Gasteiger partial charge < -0.3 is 11.1 Å². The van der Waals surface area contributed by atoms with Crippen molar-refractivity contribution in [3.63, 3.8) is 0 Å². The molecule has 3 nitrogen and oxygen atoms in total. The highest BCUT2D eigenvalue weighted by Crippen LogP contribution is 2.22. The van der Waals surface area contributed by atoms with Crippen LogP contribution in [0.5, 0.6) is 0 Å². The summed E-state index contributed by atoms with van der Waals surface area (Å²) < 4.78 is 39.2. The molecule has 0 atom stereocenters. The fraction of sp³-hybridized carbons (Fsp3) is 0.0714. The van der Waals surface area contributed by atoms with Gasteiger partial charge in [-0.1, -0.05) is 0 Å². The Morgan fingerprint density at radius 1 is 1.05 bits per heavy atom. The molecule has 110 valence electrons. The minimum absolute atomic E-state index is 0.0223. The van der Waals surface area contributed by atoms with Crippen molar-refractivity contribution in [3.05, 3.63) is 53.8 Å². The van der Waals surface area contributed by atoms with E-state index in [9.17, 15) is 18.0 Å². The number of hydrogen-bond donors (Lipinski definition) is 2. The molecule has 7 heteroatoms. The predicted octanol–water partition coefficient (Wildman–Crippen LogP) is 3.42. The summed E-state index contributed by atoms with van der Waals surface area (Å²) in [5.41, 5.74) is 5.80. The van der Waals surface area contributed by atoms with E-state index in [4.69, 9.17) is 5.73 Å². The van der Waals surface area contributed by atoms with Gasteiger partial charge in [-0.3, -0.25) is 4.79 Å². The number of thioether (sulfide) groups is 1. The lowest BCUT2D eigenvalue weighted by molar-refractivity contribution is -0.113. The number of nitrogens with one attached hydrogen (secondary N) is 1. The van der Waals surface area contributed by atoms with Gasteiger partial charge in [0.05, 0.1) is 11.4 Å². The number of anilines is 2. The van der Waals surface area contributed by atoms with E-state index in [1.54, 1.807) is 0 Å². The maximum Gasteiger partial charge on any atom is 0.234 e. The summed E-state index contributed by atoms with van der Waals surface area (Å²) >= 11 is 1.01. The molecule has 2 aromatic rings. The van der Waals surface area contributed by atoms with E-state index < -0.39 is 23.4 Å². The van der Waals surface area contributed by atoms with E-state index in [1.807, 2.05) is 0 Å². The van der Waals surface area contributed by atoms with E-state index in [1.165, 1.54) is 18.2 Å². The first-order valence-corrected chi connectivity index (χ1v) is 6.87. The van der Waals surface area contributed by atoms with Gasteiger partial charge in [-0.15, -0.1) is 11.8 Å². The molecule has 0 saturated heterocycles. The van der Waals surface area contributed by atoms with Gasteiger partial charge in [-0.2, -0.15) is 0 Å². The molecule has 0 aliphatic rings. The molecular weight excluding hydrogens is 301 g/mol. The van der Waals surface area contributed by atoms with Gasteiger partial charge in [-0.05, 0) is 36.4 Å². The lowest BCUT2D eigenvalue weighted by Crippen LogP contribution is -2.15. The first kappa shape index (κ1) is 15.2. The van der Waals surface area contributed by atoms with Crippen LogP contribution < -0.4 is 11.1 Å². The average molecular weight is 312 g/mol. The number of carbonyl (C=O) groups is 1. The number of hydrogen-bond acceptors (Lipinski definition) is 3. The van der Waals surface area contributed by atoms with Gasteiger partial charge in [-0.25, -0.2) is 13.2 Å². The van der Waals surface area contributed by atoms with Crippen molar-refractivity contribution < 1.29 is 18.0 Å². The number of nitrogen functional groups attached to an aromatic ring is 1. The van der Waals surface area contributed by atoms with Crippen LogP contribution in [0.1, 0.15) is 0 Å². The minimum atomic E-state index is -0.984. The van der Waals surface area contributed by atoms with Crippen LogP contribution in [0.3, 0.4) is 0 Å². The summed E-state index contributed by atoms with van der Waals surface area (Å²) in [4.78, 5) is 12.1. The normalized spacial score (nSPS) is 10.4. The molecule has 0 aliphatic heterocycles. The fourth-order valence-corrected chi connectivity index (χ4v) is 2.26. The number of nitrogens with two attached hydrogens (primary N) is 1. The second-order valence-corrected chi connectivity index (χ2v) is 5.20. The number of benzene rings is 2. The van der Waals surface area contributed by atoms with Crippen LogP contribution in [0.4, 0.5) is 24.5 Å². The Morgan fingerprint density at radius 2 is 1.76 bits per heavy atom. The van der Waals surface area contributed by atoms with Crippen LogP contribution in [-0.2, 0) is 4.79 Å². The smallest absolute Gasteiger partial charge is 0.234 e. The Bertz CT molecular complexity index is 679. The highest BCUT2D eigenvalue weighted by Gasteiger charge is 2.09. The first-order chi connectivity index (χ1) is 9.95. The largest absolute Gasteiger partial charge is 0.399 e. The summed E-state index contributed by atoms with van der Waals surface area (Å²) in [6.45, 7) is 0. The predicted molar refractivity (Wildman–Crippen MR) is 76.5 cm³/mol. The summed E-state index contributed by atoms with van der Waals surface area (Å²) in [7, 11) is 0. The maximum atomic E-state index is 13.4. The van der Waals surface area contributed by atoms with E-state index in [0.29, 0.717) is 10.6 Å². The molecule has 0 fully saturated rings. The van der Waals surface area contributed by atoms with E-state index in [-0.39, 0.29) is 11.4 Å². The zero-order valence-electron chi connectivity index (χ0n) is 10.7. The molecular formula is C14H11F3N2OS. The van der Waals surface area contributed by atoms with Gasteiger partial charge in [0.2, 0.25) is 5.91 Å². The van der Waals surface area contributed by atoms with Crippen molar-refractivity contribution in [3.8, 4) is 0 Å². The number of carbonyl (C=O) groups excluding carboxylic acids is 1. The molecule has 0 bridgehead atoms. The van der Waals surface area contributed by atoms with Crippen molar-refractivity contribution in [1.29, 1.82) is 0 Å². The highest BCUT2D eigenvalue weighted by atomic mass is 32.2. The third kappa shape index (κ3) is 4.16. The monoisotopic (exact) mass is 312 g/mol. The number of amides is 1. The zero-order valence-corrected chi connectivity index (χ0v) is 11.5. The summed E-state index contributed by atoms with van der Waals surface area (Å²) in [5.74, 6) is -3.09. The molecule has 2 rings (SSSR count). The third-order valence-corrected chi connectivity index (χ3v) is 3.52. The Hall–Kier alpha value is -2.15. The highest BCUT2D eigenvalue weighted by molar-refractivity contribution is 8.00. The SMILES string of the molecule is Nc1ccc(F)c(NC(=O)CSc2ccc(F)c(F)c2)c1. The number of halogens is 3. The molecule has 2 aromatic carbocycles. The summed E-state index contributed by atoms with van der Waals surface area (Å²) in [6.07, 6.45) is 0. The van der Waals surface area contributed by atoms with Crippen molar-refractivity contribution in [2.75, 3.05) is 16.8 Å². The lowest BCUT2D eigenvalue weighted by atomic mass is 10.2. The van der Waals surface area contributed by atoms with Crippen molar-refractivity contribution in [1.82, 2.24) is 0 Å². The molecule has 0 saturated carbocycles. The van der Waals surface area contributed by atoms with Gasteiger partial charge in [0, 0.05) is 10.6 Å². The molecule has 3 N–H and O–H groups in total. The minimum Gasteiger partial charge on any atom is -0.399 e. The molecule has 1 amide bonds. The third-order valence-electron chi connectivity index (χ3n) is 2.53. The van der Waals surface area contributed by atoms with Crippen molar-refractivity contribution >= 4 is 29.0 Å². The molecule has 0 aromatic heterocycles. The Morgan fingerprint density at radius 3 is 2.48 bits per heavy atom. The second kappa shape index (κ2) is 6.53. The molecule has 0 heterocycles. The van der Waals surface area contributed by atoms with Crippen LogP contribution >= 0.6 is 11.8 Å². The molecule has 21 heavy (non-hydrogen) atoms.